The summed E-state index contributed by atoms with van der Waals surface area (Å²) in [5, 5.41) is 0. The molecule has 4 heteroatoms. The fourth-order valence-corrected chi connectivity index (χ4v) is 4.83. The van der Waals surface area contributed by atoms with Crippen molar-refractivity contribution in [2.75, 3.05) is 0 Å². The molecule has 0 aromatic rings. The van der Waals surface area contributed by atoms with Crippen LogP contribution in [0.3, 0.4) is 0 Å². The standard InChI is InChI=1S/C6H14O2P.Sn/c1-5(2)7-9-8-6(3)4;/h5-6H,1-4H3;/q-1;+1. The van der Waals surface area contributed by atoms with E-state index in [4.69, 9.17) is 9.05 Å². The van der Waals surface area contributed by atoms with Crippen LogP contribution in [-0.2, 0) is 9.05 Å². The molecular weight excluding hydrogens is 254 g/mol. The van der Waals surface area contributed by atoms with E-state index in [1.807, 2.05) is 27.7 Å². The maximum atomic E-state index is 5.44. The van der Waals surface area contributed by atoms with Gasteiger partial charge in [-0.3, -0.25) is 0 Å². The molecule has 59 valence electrons. The van der Waals surface area contributed by atoms with Gasteiger partial charge in [-0.2, -0.15) is 0 Å². The van der Waals surface area contributed by atoms with Crippen LogP contribution in [0.25, 0.3) is 0 Å². The van der Waals surface area contributed by atoms with Crippen LogP contribution in [0, 0.1) is 0 Å². The van der Waals surface area contributed by atoms with Crippen molar-refractivity contribution in [1.29, 1.82) is 0 Å². The van der Waals surface area contributed by atoms with Crippen LogP contribution in [0.4, 0.5) is 0 Å². The molecule has 0 aliphatic heterocycles. The van der Waals surface area contributed by atoms with Crippen LogP contribution in [0.5, 0.6) is 0 Å². The third kappa shape index (κ3) is 7.26. The van der Waals surface area contributed by atoms with Crippen LogP contribution in [0.2, 0.25) is 0 Å². The molecule has 0 aliphatic rings. The Morgan fingerprint density at radius 3 is 1.50 bits per heavy atom. The van der Waals surface area contributed by atoms with E-state index in [-0.39, 0.29) is 0 Å². The van der Waals surface area contributed by atoms with Crippen molar-refractivity contribution in [2.45, 2.75) is 39.9 Å². The second-order valence-corrected chi connectivity index (χ2v) is 6.63. The van der Waals surface area contributed by atoms with Gasteiger partial charge in [-0.1, -0.05) is 0 Å². The van der Waals surface area contributed by atoms with Gasteiger partial charge >= 0.3 is 77.0 Å². The summed E-state index contributed by atoms with van der Waals surface area (Å²) in [6.45, 7) is 8.12. The number of hydrogen-bond acceptors (Lipinski definition) is 2. The van der Waals surface area contributed by atoms with Gasteiger partial charge in [0.15, 0.2) is 0 Å². The Balaban J connectivity index is 3.34. The molecule has 0 amide bonds. The first-order valence-corrected chi connectivity index (χ1v) is 8.38. The summed E-state index contributed by atoms with van der Waals surface area (Å²) < 4.78 is 10.9. The molecule has 0 aliphatic carbocycles. The maximum absolute atomic E-state index is 5.44. The Kier molecular flexibility index (Phi) is 6.42. The topological polar surface area (TPSA) is 18.5 Å². The Hall–Kier alpha value is 1.15. The van der Waals surface area contributed by atoms with Crippen LogP contribution in [0.1, 0.15) is 27.7 Å². The van der Waals surface area contributed by atoms with Crippen molar-refractivity contribution < 1.29 is 9.05 Å². The Morgan fingerprint density at radius 1 is 1.00 bits per heavy atom. The number of hydrogen-bond donors (Lipinski definition) is 0. The minimum atomic E-state index is -0.569. The molecule has 0 bridgehead atoms. The van der Waals surface area contributed by atoms with Gasteiger partial charge in [0.2, 0.25) is 0 Å². The van der Waals surface area contributed by atoms with Gasteiger partial charge in [0.1, 0.15) is 0 Å². The normalized spacial score (nSPS) is 12.0. The fourth-order valence-electron chi connectivity index (χ4n) is 0.408. The summed E-state index contributed by atoms with van der Waals surface area (Å²) >= 11 is 1.35. The first kappa shape index (κ1) is 11.1. The van der Waals surface area contributed by atoms with Gasteiger partial charge in [0, 0.05) is 0 Å². The summed E-state index contributed by atoms with van der Waals surface area (Å²) in [4.78, 5) is 0. The van der Waals surface area contributed by atoms with Gasteiger partial charge in [-0.05, 0) is 0 Å². The van der Waals surface area contributed by atoms with Crippen molar-refractivity contribution in [3.63, 3.8) is 0 Å². The zero-order valence-electron chi connectivity index (χ0n) is 6.92. The van der Waals surface area contributed by atoms with Gasteiger partial charge < -0.3 is 0 Å². The quantitative estimate of drug-likeness (QED) is 0.575. The van der Waals surface area contributed by atoms with Gasteiger partial charge in [0.25, 0.3) is 0 Å². The van der Waals surface area contributed by atoms with Crippen molar-refractivity contribution in [2.24, 2.45) is 0 Å². The molecule has 10 heavy (non-hydrogen) atoms. The summed E-state index contributed by atoms with van der Waals surface area (Å²) in [6, 6.07) is -0.569. The molecule has 0 fully saturated rings. The van der Waals surface area contributed by atoms with Gasteiger partial charge in [-0.15, -0.1) is 0 Å². The molecule has 0 aromatic carbocycles. The molecule has 0 atom stereocenters. The molecule has 0 unspecified atom stereocenters. The molecule has 3 radical (unpaired) electrons. The van der Waals surface area contributed by atoms with Gasteiger partial charge in [-0.25, -0.2) is 0 Å². The van der Waals surface area contributed by atoms with E-state index in [2.05, 4.69) is 0 Å². The Morgan fingerprint density at radius 2 is 1.30 bits per heavy atom. The van der Waals surface area contributed by atoms with Crippen molar-refractivity contribution >= 4 is 28.0 Å². The molecule has 0 heterocycles. The van der Waals surface area contributed by atoms with E-state index >= 15 is 0 Å². The predicted octanol–water partition coefficient (Wildman–Crippen LogP) is 2.23. The molecule has 0 N–H and O–H groups in total. The molecule has 0 rings (SSSR count). The Labute approximate surface area is 77.0 Å². The second kappa shape index (κ2) is 5.76. The van der Waals surface area contributed by atoms with Crippen molar-refractivity contribution in [3.05, 3.63) is 0 Å². The van der Waals surface area contributed by atoms with E-state index in [0.717, 1.165) is 0 Å². The summed E-state index contributed by atoms with van der Waals surface area (Å²) in [5.41, 5.74) is 0. The fraction of sp³-hybridized carbons (Fsp3) is 1.00. The van der Waals surface area contributed by atoms with E-state index in [9.17, 15) is 0 Å². The molecule has 0 saturated heterocycles. The SMILES string of the molecule is CC(C)O[P]([Sn])OC(C)C. The van der Waals surface area contributed by atoms with Crippen LogP contribution < -0.4 is 0 Å². The molecule has 2 nitrogen and oxygen atoms in total. The monoisotopic (exact) mass is 269 g/mol. The summed E-state index contributed by atoms with van der Waals surface area (Å²) in [6.07, 6.45) is 0.591. The molecular formula is C6H14O2PSn. The Bertz CT molecular complexity index is 77.8. The third-order valence-corrected chi connectivity index (χ3v) is 3.64. The van der Waals surface area contributed by atoms with E-state index in [1.165, 1.54) is 22.0 Å². The zero-order valence-corrected chi connectivity index (χ0v) is 10.7. The first-order valence-electron chi connectivity index (χ1n) is 3.37. The van der Waals surface area contributed by atoms with Crippen LogP contribution in [-0.4, -0.2) is 34.2 Å². The molecule has 0 spiro atoms. The third-order valence-electron chi connectivity index (χ3n) is 0.613. The van der Waals surface area contributed by atoms with Crippen LogP contribution in [0.15, 0.2) is 0 Å². The van der Waals surface area contributed by atoms with E-state index < -0.39 is 6.03 Å². The minimum absolute atomic E-state index is 0.296. The van der Waals surface area contributed by atoms with Gasteiger partial charge in [0.05, 0.1) is 0 Å². The van der Waals surface area contributed by atoms with Crippen molar-refractivity contribution in [1.82, 2.24) is 0 Å². The number of rotatable bonds is 4. The first-order chi connectivity index (χ1) is 4.52. The zero-order chi connectivity index (χ0) is 8.15. The van der Waals surface area contributed by atoms with E-state index in [0.29, 0.717) is 12.2 Å². The second-order valence-electron chi connectivity index (χ2n) is 2.57. The van der Waals surface area contributed by atoms with Crippen LogP contribution >= 0.6 is 6.03 Å². The van der Waals surface area contributed by atoms with E-state index in [1.54, 1.807) is 0 Å². The summed E-state index contributed by atoms with van der Waals surface area (Å²) in [5.74, 6) is 0. The molecule has 0 saturated carbocycles. The molecule has 0 aromatic heterocycles. The summed E-state index contributed by atoms with van der Waals surface area (Å²) in [7, 11) is 0. The average molecular weight is 268 g/mol. The van der Waals surface area contributed by atoms with Crippen molar-refractivity contribution in [3.8, 4) is 0 Å². The average Bonchev–Trinajstić information content (AvgIpc) is 1.58. The predicted molar refractivity (Wildman–Crippen MR) is 45.1 cm³/mol.